The molecule has 84 valence electrons. The second-order valence-corrected chi connectivity index (χ2v) is 4.04. The molecule has 0 bridgehead atoms. The van der Waals surface area contributed by atoms with Crippen LogP contribution < -0.4 is 0 Å². The van der Waals surface area contributed by atoms with E-state index in [1.807, 2.05) is 26.8 Å². The first-order valence-electron chi connectivity index (χ1n) is 5.09. The summed E-state index contributed by atoms with van der Waals surface area (Å²) >= 11 is 0. The molecule has 0 aliphatic heterocycles. The minimum atomic E-state index is -1.02. The van der Waals surface area contributed by atoms with Gasteiger partial charge < -0.3 is 5.11 Å². The molecule has 0 aromatic carbocycles. The lowest BCUT2D eigenvalue weighted by Crippen LogP contribution is -2.00. The first-order chi connectivity index (χ1) is 7.49. The number of carboxylic acids is 1. The van der Waals surface area contributed by atoms with Gasteiger partial charge in [0, 0.05) is 18.0 Å². The van der Waals surface area contributed by atoms with Crippen molar-refractivity contribution >= 4 is 11.6 Å². The first-order valence-corrected chi connectivity index (χ1v) is 5.09. The molecule has 2 heterocycles. The average molecular weight is 219 g/mol. The predicted octanol–water partition coefficient (Wildman–Crippen LogP) is 1.86. The molecule has 0 unspecified atom stereocenters. The smallest absolute Gasteiger partial charge is 0.356 e. The Morgan fingerprint density at radius 1 is 1.44 bits per heavy atom. The highest BCUT2D eigenvalue weighted by Crippen LogP contribution is 2.15. The number of hydrogen-bond donors (Lipinski definition) is 1. The van der Waals surface area contributed by atoms with Crippen LogP contribution in [0.25, 0.3) is 5.65 Å². The SMILES string of the molecule is Cc1nc(C(C)C)cc2nc(C(=O)O)cn12. The summed E-state index contributed by atoms with van der Waals surface area (Å²) < 4.78 is 1.69. The van der Waals surface area contributed by atoms with Crippen LogP contribution in [-0.4, -0.2) is 25.4 Å². The molecule has 0 saturated carbocycles. The molecule has 2 rings (SSSR count). The van der Waals surface area contributed by atoms with Gasteiger partial charge in [-0.1, -0.05) is 13.8 Å². The number of fused-ring (bicyclic) bond motifs is 1. The monoisotopic (exact) mass is 219 g/mol. The van der Waals surface area contributed by atoms with Gasteiger partial charge in [0.25, 0.3) is 0 Å². The molecule has 0 spiro atoms. The van der Waals surface area contributed by atoms with Gasteiger partial charge in [0.05, 0.1) is 0 Å². The van der Waals surface area contributed by atoms with Gasteiger partial charge in [0.2, 0.25) is 0 Å². The predicted molar refractivity (Wildman–Crippen MR) is 58.8 cm³/mol. The third-order valence-corrected chi connectivity index (χ3v) is 2.46. The molecule has 0 fully saturated rings. The number of aryl methyl sites for hydroxylation is 1. The van der Waals surface area contributed by atoms with E-state index in [0.29, 0.717) is 11.6 Å². The van der Waals surface area contributed by atoms with Crippen molar-refractivity contribution < 1.29 is 9.90 Å². The molecule has 0 atom stereocenters. The Kier molecular flexibility index (Phi) is 2.38. The molecular weight excluding hydrogens is 206 g/mol. The number of rotatable bonds is 2. The summed E-state index contributed by atoms with van der Waals surface area (Å²) in [5, 5.41) is 8.86. The molecular formula is C11H13N3O2. The lowest BCUT2D eigenvalue weighted by molar-refractivity contribution is 0.0691. The second kappa shape index (κ2) is 3.59. The quantitative estimate of drug-likeness (QED) is 0.837. The molecule has 0 aliphatic rings. The fourth-order valence-electron chi connectivity index (χ4n) is 1.56. The third kappa shape index (κ3) is 1.64. The summed E-state index contributed by atoms with van der Waals surface area (Å²) in [6.45, 7) is 5.92. The summed E-state index contributed by atoms with van der Waals surface area (Å²) in [6.07, 6.45) is 1.49. The van der Waals surface area contributed by atoms with Crippen LogP contribution in [0.15, 0.2) is 12.3 Å². The number of imidazole rings is 1. The fraction of sp³-hybridized carbons (Fsp3) is 0.364. The summed E-state index contributed by atoms with van der Waals surface area (Å²) in [6, 6.07) is 1.82. The molecule has 2 aromatic heterocycles. The second-order valence-electron chi connectivity index (χ2n) is 4.04. The van der Waals surface area contributed by atoms with Crippen LogP contribution in [0, 0.1) is 6.92 Å². The molecule has 5 nitrogen and oxygen atoms in total. The van der Waals surface area contributed by atoms with Gasteiger partial charge in [-0.05, 0) is 12.8 Å². The van der Waals surface area contributed by atoms with E-state index in [4.69, 9.17) is 5.11 Å². The Labute approximate surface area is 92.8 Å². The lowest BCUT2D eigenvalue weighted by Gasteiger charge is -2.06. The van der Waals surface area contributed by atoms with Crippen LogP contribution >= 0.6 is 0 Å². The Balaban J connectivity index is 2.68. The van der Waals surface area contributed by atoms with Crippen molar-refractivity contribution in [2.45, 2.75) is 26.7 Å². The Morgan fingerprint density at radius 3 is 2.69 bits per heavy atom. The lowest BCUT2D eigenvalue weighted by atomic mass is 10.1. The van der Waals surface area contributed by atoms with Crippen molar-refractivity contribution in [2.24, 2.45) is 0 Å². The molecule has 2 aromatic rings. The van der Waals surface area contributed by atoms with Crippen LogP contribution in [0.5, 0.6) is 0 Å². The number of aromatic nitrogens is 3. The van der Waals surface area contributed by atoms with Gasteiger partial charge in [0.1, 0.15) is 11.5 Å². The minimum absolute atomic E-state index is 0.0470. The summed E-state index contributed by atoms with van der Waals surface area (Å²) in [7, 11) is 0. The molecule has 0 radical (unpaired) electrons. The van der Waals surface area contributed by atoms with Gasteiger partial charge in [-0.3, -0.25) is 4.40 Å². The summed E-state index contributed by atoms with van der Waals surface area (Å²) in [5.74, 6) is 0.0316. The van der Waals surface area contributed by atoms with E-state index in [-0.39, 0.29) is 5.69 Å². The number of hydrogen-bond acceptors (Lipinski definition) is 3. The van der Waals surface area contributed by atoms with Gasteiger partial charge in [-0.2, -0.15) is 0 Å². The van der Waals surface area contributed by atoms with Crippen LogP contribution in [-0.2, 0) is 0 Å². The van der Waals surface area contributed by atoms with E-state index in [1.165, 1.54) is 6.20 Å². The molecule has 1 N–H and O–H groups in total. The highest BCUT2D eigenvalue weighted by Gasteiger charge is 2.12. The van der Waals surface area contributed by atoms with Crippen LogP contribution in [0.2, 0.25) is 0 Å². The molecule has 5 heteroatoms. The highest BCUT2D eigenvalue weighted by atomic mass is 16.4. The zero-order valence-electron chi connectivity index (χ0n) is 9.43. The maximum Gasteiger partial charge on any atom is 0.356 e. The normalized spacial score (nSPS) is 11.2. The van der Waals surface area contributed by atoms with Crippen molar-refractivity contribution in [3.63, 3.8) is 0 Å². The van der Waals surface area contributed by atoms with E-state index in [9.17, 15) is 4.79 Å². The summed E-state index contributed by atoms with van der Waals surface area (Å²) in [4.78, 5) is 19.2. The average Bonchev–Trinajstić information content (AvgIpc) is 2.61. The molecule has 0 amide bonds. The molecule has 0 aliphatic carbocycles. The number of carboxylic acid groups (broad SMARTS) is 1. The molecule has 16 heavy (non-hydrogen) atoms. The van der Waals surface area contributed by atoms with E-state index >= 15 is 0 Å². The van der Waals surface area contributed by atoms with Crippen molar-refractivity contribution in [2.75, 3.05) is 0 Å². The largest absolute Gasteiger partial charge is 0.476 e. The Bertz CT molecular complexity index is 558. The Morgan fingerprint density at radius 2 is 2.12 bits per heavy atom. The van der Waals surface area contributed by atoms with E-state index in [1.54, 1.807) is 4.40 Å². The summed E-state index contributed by atoms with van der Waals surface area (Å²) in [5.41, 5.74) is 1.60. The minimum Gasteiger partial charge on any atom is -0.476 e. The van der Waals surface area contributed by atoms with E-state index < -0.39 is 5.97 Å². The number of carbonyl (C=O) groups is 1. The fourth-order valence-corrected chi connectivity index (χ4v) is 1.56. The van der Waals surface area contributed by atoms with Crippen LogP contribution in [0.4, 0.5) is 0 Å². The standard InChI is InChI=1S/C11H13N3O2/c1-6(2)8-4-10-13-9(11(15)16)5-14(10)7(3)12-8/h4-6H,1-3H3,(H,15,16). The first kappa shape index (κ1) is 10.6. The van der Waals surface area contributed by atoms with Crippen molar-refractivity contribution in [3.8, 4) is 0 Å². The maximum absolute atomic E-state index is 10.8. The number of aromatic carboxylic acids is 1. The Hall–Kier alpha value is -1.91. The van der Waals surface area contributed by atoms with Crippen LogP contribution in [0.1, 0.15) is 41.8 Å². The van der Waals surface area contributed by atoms with Gasteiger partial charge >= 0.3 is 5.97 Å². The van der Waals surface area contributed by atoms with Gasteiger partial charge in [-0.15, -0.1) is 0 Å². The van der Waals surface area contributed by atoms with Gasteiger partial charge in [-0.25, -0.2) is 14.8 Å². The van der Waals surface area contributed by atoms with Gasteiger partial charge in [0.15, 0.2) is 5.69 Å². The topological polar surface area (TPSA) is 67.5 Å². The zero-order chi connectivity index (χ0) is 11.9. The van der Waals surface area contributed by atoms with E-state index in [0.717, 1.165) is 11.5 Å². The maximum atomic E-state index is 10.8. The van der Waals surface area contributed by atoms with Crippen molar-refractivity contribution in [1.82, 2.24) is 14.4 Å². The number of nitrogens with zero attached hydrogens (tertiary/aromatic N) is 3. The highest BCUT2D eigenvalue weighted by molar-refractivity contribution is 5.86. The van der Waals surface area contributed by atoms with Crippen LogP contribution in [0.3, 0.4) is 0 Å². The third-order valence-electron chi connectivity index (χ3n) is 2.46. The molecule has 0 saturated heterocycles. The van der Waals surface area contributed by atoms with Crippen molar-refractivity contribution in [1.29, 1.82) is 0 Å². The van der Waals surface area contributed by atoms with Crippen molar-refractivity contribution in [3.05, 3.63) is 29.5 Å². The van der Waals surface area contributed by atoms with E-state index in [2.05, 4.69) is 9.97 Å². The zero-order valence-corrected chi connectivity index (χ0v) is 9.43.